The van der Waals surface area contributed by atoms with Gasteiger partial charge in [-0.05, 0) is 18.6 Å². The van der Waals surface area contributed by atoms with Crippen LogP contribution in [0.15, 0.2) is 12.1 Å². The Hall–Kier alpha value is -1.33. The zero-order chi connectivity index (χ0) is 11.1. The third-order valence-corrected chi connectivity index (χ3v) is 3.74. The highest BCUT2D eigenvalue weighted by molar-refractivity contribution is 7.19. The Morgan fingerprint density at radius 2 is 2.25 bits per heavy atom. The first-order valence-electron chi connectivity index (χ1n) is 4.90. The number of thiophene rings is 1. The Labute approximate surface area is 101 Å². The van der Waals surface area contributed by atoms with Gasteiger partial charge in [-0.15, -0.1) is 11.3 Å². The number of hydrogen-bond acceptors (Lipinski definition) is 5. The van der Waals surface area contributed by atoms with E-state index in [1.807, 2.05) is 12.1 Å². The van der Waals surface area contributed by atoms with Crippen molar-refractivity contribution in [2.45, 2.75) is 6.42 Å². The molecule has 0 radical (unpaired) electrons. The number of halogens is 1. The fourth-order valence-electron chi connectivity index (χ4n) is 1.84. The molecule has 0 saturated carbocycles. The van der Waals surface area contributed by atoms with Gasteiger partial charge in [0.2, 0.25) is 5.95 Å². The minimum Gasteiger partial charge on any atom is -0.369 e. The molecular weight excluding hydrogens is 244 g/mol. The minimum absolute atomic E-state index is 0.299. The van der Waals surface area contributed by atoms with E-state index in [1.54, 1.807) is 0 Å². The van der Waals surface area contributed by atoms with E-state index in [1.165, 1.54) is 11.3 Å². The molecule has 0 atom stereocenters. The zero-order valence-corrected chi connectivity index (χ0v) is 9.90. The second-order valence-electron chi connectivity index (χ2n) is 3.54. The number of nitrogens with one attached hydrogen (secondary N) is 1. The lowest BCUT2D eigenvalue weighted by Gasteiger charge is -2.05. The van der Waals surface area contributed by atoms with Crippen molar-refractivity contribution >= 4 is 34.7 Å². The van der Waals surface area contributed by atoms with Gasteiger partial charge in [0, 0.05) is 12.1 Å². The van der Waals surface area contributed by atoms with Gasteiger partial charge in [-0.2, -0.15) is 4.98 Å². The molecule has 3 N–H and O–H groups in total. The van der Waals surface area contributed by atoms with Gasteiger partial charge in [0.25, 0.3) is 0 Å². The second kappa shape index (κ2) is 3.61. The lowest BCUT2D eigenvalue weighted by Crippen LogP contribution is -2.00. The van der Waals surface area contributed by atoms with E-state index in [0.29, 0.717) is 5.95 Å². The lowest BCUT2D eigenvalue weighted by molar-refractivity contribution is 1.10. The summed E-state index contributed by atoms with van der Waals surface area (Å²) in [5, 5.41) is 3.20. The topological polar surface area (TPSA) is 63.8 Å². The van der Waals surface area contributed by atoms with Crippen LogP contribution in [0, 0.1) is 0 Å². The lowest BCUT2D eigenvalue weighted by atomic mass is 10.1. The number of nitrogens with two attached hydrogens (primary N) is 1. The van der Waals surface area contributed by atoms with Crippen LogP contribution in [-0.2, 0) is 6.42 Å². The van der Waals surface area contributed by atoms with E-state index in [-0.39, 0.29) is 0 Å². The first-order valence-corrected chi connectivity index (χ1v) is 6.09. The van der Waals surface area contributed by atoms with Crippen LogP contribution in [0.4, 0.5) is 11.8 Å². The highest BCUT2D eigenvalue weighted by Gasteiger charge is 2.20. The van der Waals surface area contributed by atoms with Crippen molar-refractivity contribution in [1.82, 2.24) is 9.97 Å². The van der Waals surface area contributed by atoms with Gasteiger partial charge in [-0.3, -0.25) is 0 Å². The van der Waals surface area contributed by atoms with E-state index in [4.69, 9.17) is 17.3 Å². The SMILES string of the molecule is Nc1nc2c(c(-c3ccc(Cl)s3)n1)CCN2. The Bertz CT molecular complexity index is 552. The van der Waals surface area contributed by atoms with Gasteiger partial charge in [0.15, 0.2) is 0 Å². The number of rotatable bonds is 1. The first kappa shape index (κ1) is 9.86. The van der Waals surface area contributed by atoms with Crippen molar-refractivity contribution in [2.75, 3.05) is 17.6 Å². The van der Waals surface area contributed by atoms with Crippen LogP contribution in [0.2, 0.25) is 4.34 Å². The smallest absolute Gasteiger partial charge is 0.222 e. The van der Waals surface area contributed by atoms with Crippen LogP contribution in [0.3, 0.4) is 0 Å². The molecule has 16 heavy (non-hydrogen) atoms. The van der Waals surface area contributed by atoms with E-state index in [0.717, 1.165) is 39.3 Å². The van der Waals surface area contributed by atoms with Crippen LogP contribution in [0.1, 0.15) is 5.56 Å². The summed E-state index contributed by atoms with van der Waals surface area (Å²) < 4.78 is 0.756. The number of anilines is 2. The van der Waals surface area contributed by atoms with Gasteiger partial charge in [-0.25, -0.2) is 4.98 Å². The zero-order valence-electron chi connectivity index (χ0n) is 8.33. The average Bonchev–Trinajstić information content (AvgIpc) is 2.84. The van der Waals surface area contributed by atoms with E-state index >= 15 is 0 Å². The summed E-state index contributed by atoms with van der Waals surface area (Å²) in [5.41, 5.74) is 7.72. The Morgan fingerprint density at radius 3 is 3.00 bits per heavy atom. The maximum absolute atomic E-state index is 5.93. The fraction of sp³-hybridized carbons (Fsp3) is 0.200. The summed E-state index contributed by atoms with van der Waals surface area (Å²) >= 11 is 7.44. The Balaban J connectivity index is 2.20. The van der Waals surface area contributed by atoms with Gasteiger partial charge in [0.05, 0.1) is 14.9 Å². The standard InChI is InChI=1S/C10H9ClN4S/c11-7-2-1-6(16-7)8-5-3-4-13-9(5)15-10(12)14-8/h1-2H,3-4H2,(H3,12,13,14,15). The molecule has 2 aromatic heterocycles. The summed E-state index contributed by atoms with van der Waals surface area (Å²) in [7, 11) is 0. The molecule has 3 heterocycles. The molecule has 6 heteroatoms. The van der Waals surface area contributed by atoms with Crippen molar-refractivity contribution < 1.29 is 0 Å². The van der Waals surface area contributed by atoms with Gasteiger partial charge in [0.1, 0.15) is 5.82 Å². The predicted octanol–water partition coefficient (Wildman–Crippen LogP) is 2.41. The summed E-state index contributed by atoms with van der Waals surface area (Å²) in [6, 6.07) is 3.84. The van der Waals surface area contributed by atoms with Crippen LogP contribution in [0.5, 0.6) is 0 Å². The second-order valence-corrected chi connectivity index (χ2v) is 5.25. The fourth-order valence-corrected chi connectivity index (χ4v) is 2.90. The maximum atomic E-state index is 5.93. The van der Waals surface area contributed by atoms with Gasteiger partial charge >= 0.3 is 0 Å². The van der Waals surface area contributed by atoms with Crippen molar-refractivity contribution in [3.05, 3.63) is 22.0 Å². The summed E-state index contributed by atoms with van der Waals surface area (Å²) in [6.07, 6.45) is 0.931. The van der Waals surface area contributed by atoms with Crippen LogP contribution in [-0.4, -0.2) is 16.5 Å². The number of aromatic nitrogens is 2. The van der Waals surface area contributed by atoms with Crippen LogP contribution >= 0.6 is 22.9 Å². The molecule has 0 unspecified atom stereocenters. The van der Waals surface area contributed by atoms with Crippen LogP contribution < -0.4 is 11.1 Å². The molecule has 0 fully saturated rings. The van der Waals surface area contributed by atoms with Gasteiger partial charge in [-0.1, -0.05) is 11.6 Å². The molecule has 1 aliphatic heterocycles. The predicted molar refractivity (Wildman–Crippen MR) is 67.0 cm³/mol. The number of fused-ring (bicyclic) bond motifs is 1. The molecule has 4 nitrogen and oxygen atoms in total. The molecule has 82 valence electrons. The summed E-state index contributed by atoms with van der Waals surface area (Å²) in [5.74, 6) is 1.15. The van der Waals surface area contributed by atoms with E-state index in [9.17, 15) is 0 Å². The summed E-state index contributed by atoms with van der Waals surface area (Å²) in [4.78, 5) is 9.52. The molecular formula is C10H9ClN4S. The quantitative estimate of drug-likeness (QED) is 0.818. The molecule has 0 aromatic carbocycles. The molecule has 1 aliphatic rings. The van der Waals surface area contributed by atoms with Crippen molar-refractivity contribution in [3.63, 3.8) is 0 Å². The van der Waals surface area contributed by atoms with E-state index in [2.05, 4.69) is 15.3 Å². The van der Waals surface area contributed by atoms with Crippen LogP contribution in [0.25, 0.3) is 10.6 Å². The number of nitrogen functional groups attached to an aromatic ring is 1. The summed E-state index contributed by atoms with van der Waals surface area (Å²) in [6.45, 7) is 0.888. The largest absolute Gasteiger partial charge is 0.369 e. The minimum atomic E-state index is 0.299. The Morgan fingerprint density at radius 1 is 1.38 bits per heavy atom. The third-order valence-electron chi connectivity index (χ3n) is 2.50. The molecule has 0 saturated heterocycles. The van der Waals surface area contributed by atoms with E-state index < -0.39 is 0 Å². The third kappa shape index (κ3) is 1.52. The first-order chi connectivity index (χ1) is 7.74. The highest BCUT2D eigenvalue weighted by Crippen LogP contribution is 2.36. The maximum Gasteiger partial charge on any atom is 0.222 e. The van der Waals surface area contributed by atoms with Crippen molar-refractivity contribution in [1.29, 1.82) is 0 Å². The molecule has 0 spiro atoms. The molecule has 3 rings (SSSR count). The normalized spacial score (nSPS) is 13.6. The monoisotopic (exact) mass is 252 g/mol. The highest BCUT2D eigenvalue weighted by atomic mass is 35.5. The number of hydrogen-bond donors (Lipinski definition) is 2. The van der Waals surface area contributed by atoms with Crippen molar-refractivity contribution in [2.24, 2.45) is 0 Å². The molecule has 2 aromatic rings. The molecule has 0 aliphatic carbocycles. The Kier molecular flexibility index (Phi) is 2.22. The molecule has 0 amide bonds. The van der Waals surface area contributed by atoms with Crippen molar-refractivity contribution in [3.8, 4) is 10.6 Å². The number of nitrogens with zero attached hydrogens (tertiary/aromatic N) is 2. The van der Waals surface area contributed by atoms with Gasteiger partial charge < -0.3 is 11.1 Å². The molecule has 0 bridgehead atoms. The average molecular weight is 253 g/mol.